The molecule has 0 amide bonds. The highest BCUT2D eigenvalue weighted by molar-refractivity contribution is 5.79. The number of anilines is 4. The van der Waals surface area contributed by atoms with Gasteiger partial charge in [0.05, 0.1) is 12.3 Å². The third-order valence-electron chi connectivity index (χ3n) is 4.27. The maximum Gasteiger partial charge on any atom is 0.159 e. The highest BCUT2D eigenvalue weighted by Gasteiger charge is 2.16. The number of rotatable bonds is 6. The second kappa shape index (κ2) is 7.86. The molecule has 0 radical (unpaired) electrons. The smallest absolute Gasteiger partial charge is 0.159 e. The van der Waals surface area contributed by atoms with Crippen molar-refractivity contribution in [1.82, 2.24) is 9.97 Å². The van der Waals surface area contributed by atoms with E-state index >= 15 is 0 Å². The zero-order valence-electron chi connectivity index (χ0n) is 14.1. The van der Waals surface area contributed by atoms with Crippen LogP contribution >= 0.6 is 0 Å². The Balaban J connectivity index is 1.78. The van der Waals surface area contributed by atoms with E-state index in [4.69, 9.17) is 10.5 Å². The average Bonchev–Trinajstić information content (AvgIpc) is 2.61. The molecule has 3 rings (SSSR count). The SMILES string of the molecule is CCOc1ccccc1Nc1ncnc(NC2CCCCC2)c1N. The van der Waals surface area contributed by atoms with Crippen molar-refractivity contribution in [2.45, 2.75) is 45.1 Å². The Morgan fingerprint density at radius 2 is 1.88 bits per heavy atom. The van der Waals surface area contributed by atoms with Gasteiger partial charge in [-0.1, -0.05) is 31.4 Å². The van der Waals surface area contributed by atoms with Crippen molar-refractivity contribution in [3.63, 3.8) is 0 Å². The molecule has 1 heterocycles. The lowest BCUT2D eigenvalue weighted by Gasteiger charge is -2.24. The van der Waals surface area contributed by atoms with Crippen molar-refractivity contribution in [3.8, 4) is 5.75 Å². The summed E-state index contributed by atoms with van der Waals surface area (Å²) in [5, 5.41) is 6.73. The Morgan fingerprint density at radius 3 is 2.67 bits per heavy atom. The maximum absolute atomic E-state index is 6.28. The molecule has 0 saturated heterocycles. The van der Waals surface area contributed by atoms with Gasteiger partial charge in [-0.3, -0.25) is 0 Å². The van der Waals surface area contributed by atoms with Crippen molar-refractivity contribution < 1.29 is 4.74 Å². The van der Waals surface area contributed by atoms with Crippen molar-refractivity contribution in [2.24, 2.45) is 0 Å². The predicted molar refractivity (Wildman–Crippen MR) is 97.8 cm³/mol. The minimum absolute atomic E-state index is 0.444. The standard InChI is InChI=1S/C18H25N5O/c1-2-24-15-11-7-6-10-14(15)23-18-16(19)17(20-12-21-18)22-13-8-4-3-5-9-13/h6-7,10-13H,2-5,8-9,19H2,1H3,(H2,20,21,22,23). The zero-order valence-corrected chi connectivity index (χ0v) is 14.1. The van der Waals surface area contributed by atoms with E-state index in [9.17, 15) is 0 Å². The normalized spacial score (nSPS) is 15.0. The van der Waals surface area contributed by atoms with E-state index in [-0.39, 0.29) is 0 Å². The monoisotopic (exact) mass is 327 g/mol. The summed E-state index contributed by atoms with van der Waals surface area (Å²) in [6.07, 6.45) is 7.70. The van der Waals surface area contributed by atoms with Crippen molar-refractivity contribution in [1.29, 1.82) is 0 Å². The molecule has 0 bridgehead atoms. The molecule has 128 valence electrons. The number of hydrogen-bond donors (Lipinski definition) is 3. The number of nitrogens with zero attached hydrogens (tertiary/aromatic N) is 2. The molecule has 6 heteroatoms. The molecular formula is C18H25N5O. The number of nitrogen functional groups attached to an aromatic ring is 1. The van der Waals surface area contributed by atoms with Gasteiger partial charge in [0.25, 0.3) is 0 Å². The number of ether oxygens (including phenoxy) is 1. The summed E-state index contributed by atoms with van der Waals surface area (Å²) in [6, 6.07) is 8.20. The number of aromatic nitrogens is 2. The van der Waals surface area contributed by atoms with Gasteiger partial charge in [0.1, 0.15) is 17.8 Å². The molecule has 1 aliphatic carbocycles. The molecule has 1 aliphatic rings. The molecule has 0 atom stereocenters. The summed E-state index contributed by atoms with van der Waals surface area (Å²) in [4.78, 5) is 8.60. The molecule has 0 aliphatic heterocycles. The third kappa shape index (κ3) is 3.88. The lowest BCUT2D eigenvalue weighted by molar-refractivity contribution is 0.342. The first-order valence-electron chi connectivity index (χ1n) is 8.63. The van der Waals surface area contributed by atoms with Crippen LogP contribution in [0.5, 0.6) is 5.75 Å². The summed E-state index contributed by atoms with van der Waals surface area (Å²) in [5.74, 6) is 2.07. The fourth-order valence-electron chi connectivity index (χ4n) is 3.03. The van der Waals surface area contributed by atoms with Gasteiger partial charge in [0.15, 0.2) is 11.6 Å². The van der Waals surface area contributed by atoms with Gasteiger partial charge in [-0.25, -0.2) is 9.97 Å². The van der Waals surface area contributed by atoms with Gasteiger partial charge in [-0.15, -0.1) is 0 Å². The molecule has 24 heavy (non-hydrogen) atoms. The van der Waals surface area contributed by atoms with Gasteiger partial charge in [0, 0.05) is 6.04 Å². The molecule has 1 saturated carbocycles. The maximum atomic E-state index is 6.28. The van der Waals surface area contributed by atoms with E-state index < -0.39 is 0 Å². The van der Waals surface area contributed by atoms with E-state index in [1.807, 2.05) is 31.2 Å². The van der Waals surface area contributed by atoms with Crippen LogP contribution in [0.2, 0.25) is 0 Å². The lowest BCUT2D eigenvalue weighted by Crippen LogP contribution is -2.23. The highest BCUT2D eigenvalue weighted by Crippen LogP contribution is 2.32. The van der Waals surface area contributed by atoms with Crippen molar-refractivity contribution >= 4 is 23.0 Å². The van der Waals surface area contributed by atoms with E-state index in [0.717, 1.165) is 11.4 Å². The first-order valence-corrected chi connectivity index (χ1v) is 8.63. The third-order valence-corrected chi connectivity index (χ3v) is 4.27. The van der Waals surface area contributed by atoms with Gasteiger partial charge in [0.2, 0.25) is 0 Å². The summed E-state index contributed by atoms with van der Waals surface area (Å²) in [5.41, 5.74) is 7.66. The zero-order chi connectivity index (χ0) is 16.8. The first-order chi connectivity index (χ1) is 11.8. The molecule has 4 N–H and O–H groups in total. The van der Waals surface area contributed by atoms with E-state index in [1.54, 1.807) is 0 Å². The Labute approximate surface area is 142 Å². The van der Waals surface area contributed by atoms with Crippen LogP contribution in [-0.4, -0.2) is 22.6 Å². The van der Waals surface area contributed by atoms with Gasteiger partial charge in [-0.05, 0) is 31.9 Å². The molecule has 0 spiro atoms. The van der Waals surface area contributed by atoms with Crippen LogP contribution in [0.1, 0.15) is 39.0 Å². The van der Waals surface area contributed by atoms with Crippen LogP contribution in [0.3, 0.4) is 0 Å². The molecule has 0 unspecified atom stereocenters. The van der Waals surface area contributed by atoms with Gasteiger partial charge >= 0.3 is 0 Å². The summed E-state index contributed by atoms with van der Waals surface area (Å²) < 4.78 is 5.64. The van der Waals surface area contributed by atoms with Crippen LogP contribution in [0, 0.1) is 0 Å². The first kappa shape index (κ1) is 16.4. The summed E-state index contributed by atoms with van der Waals surface area (Å²) in [6.45, 7) is 2.56. The number of para-hydroxylation sites is 2. The number of nitrogens with two attached hydrogens (primary N) is 1. The van der Waals surface area contributed by atoms with Crippen LogP contribution in [0.25, 0.3) is 0 Å². The Hall–Kier alpha value is -2.50. The minimum atomic E-state index is 0.444. The number of hydrogen-bond acceptors (Lipinski definition) is 6. The molecule has 1 aromatic carbocycles. The van der Waals surface area contributed by atoms with E-state index in [0.29, 0.717) is 30.0 Å². The Bertz CT molecular complexity index is 670. The quantitative estimate of drug-likeness (QED) is 0.745. The molecular weight excluding hydrogens is 302 g/mol. The summed E-state index contributed by atoms with van der Waals surface area (Å²) >= 11 is 0. The lowest BCUT2D eigenvalue weighted by atomic mass is 9.95. The van der Waals surface area contributed by atoms with Crippen molar-refractivity contribution in [2.75, 3.05) is 23.0 Å². The minimum Gasteiger partial charge on any atom is -0.492 e. The largest absolute Gasteiger partial charge is 0.492 e. The van der Waals surface area contributed by atoms with E-state index in [2.05, 4.69) is 20.6 Å². The Kier molecular flexibility index (Phi) is 5.36. The van der Waals surface area contributed by atoms with Crippen molar-refractivity contribution in [3.05, 3.63) is 30.6 Å². The number of nitrogens with one attached hydrogen (secondary N) is 2. The molecule has 6 nitrogen and oxygen atoms in total. The van der Waals surface area contributed by atoms with Gasteiger partial charge in [-0.2, -0.15) is 0 Å². The van der Waals surface area contributed by atoms with Crippen LogP contribution < -0.4 is 21.1 Å². The topological polar surface area (TPSA) is 85.1 Å². The van der Waals surface area contributed by atoms with Crippen LogP contribution in [-0.2, 0) is 0 Å². The Morgan fingerprint density at radius 1 is 1.12 bits per heavy atom. The second-order valence-corrected chi connectivity index (χ2v) is 6.02. The fourth-order valence-corrected chi connectivity index (χ4v) is 3.03. The molecule has 1 fully saturated rings. The summed E-state index contributed by atoms with van der Waals surface area (Å²) in [7, 11) is 0. The van der Waals surface area contributed by atoms with Crippen LogP contribution in [0.4, 0.5) is 23.0 Å². The fraction of sp³-hybridized carbons (Fsp3) is 0.444. The van der Waals surface area contributed by atoms with Crippen LogP contribution in [0.15, 0.2) is 30.6 Å². The highest BCUT2D eigenvalue weighted by atomic mass is 16.5. The second-order valence-electron chi connectivity index (χ2n) is 6.02. The predicted octanol–water partition coefficient (Wildman–Crippen LogP) is 3.95. The van der Waals surface area contributed by atoms with E-state index in [1.165, 1.54) is 38.4 Å². The molecule has 1 aromatic heterocycles. The average molecular weight is 327 g/mol. The number of benzene rings is 1. The van der Waals surface area contributed by atoms with Gasteiger partial charge < -0.3 is 21.1 Å². The molecule has 2 aromatic rings.